The van der Waals surface area contributed by atoms with Crippen LogP contribution in [0.3, 0.4) is 0 Å². The van der Waals surface area contributed by atoms with E-state index < -0.39 is 0 Å². The minimum atomic E-state index is 0.154. The van der Waals surface area contributed by atoms with Gasteiger partial charge in [-0.2, -0.15) is 10.2 Å². The van der Waals surface area contributed by atoms with E-state index in [0.717, 1.165) is 25.2 Å². The molecule has 2 aromatic rings. The highest BCUT2D eigenvalue weighted by molar-refractivity contribution is 5.25. The summed E-state index contributed by atoms with van der Waals surface area (Å²) in [6, 6.07) is 2.28. The minimum Gasteiger partial charge on any atom is -0.305 e. The van der Waals surface area contributed by atoms with E-state index in [2.05, 4.69) is 41.6 Å². The predicted molar refractivity (Wildman–Crippen MR) is 76.0 cm³/mol. The number of rotatable bonds is 6. The van der Waals surface area contributed by atoms with E-state index in [0.29, 0.717) is 0 Å². The van der Waals surface area contributed by atoms with E-state index in [-0.39, 0.29) is 6.04 Å². The number of aromatic nitrogens is 4. The summed E-state index contributed by atoms with van der Waals surface area (Å²) in [6.45, 7) is 8.17. The number of nitrogens with zero attached hydrogens (tertiary/aromatic N) is 4. The highest BCUT2D eigenvalue weighted by Gasteiger charge is 2.18. The Morgan fingerprint density at radius 1 is 1.37 bits per heavy atom. The molecule has 0 aliphatic rings. The number of hydrogen-bond donors (Lipinski definition) is 1. The Balaban J connectivity index is 2.30. The van der Waals surface area contributed by atoms with E-state index in [1.54, 1.807) is 0 Å². The molecule has 19 heavy (non-hydrogen) atoms. The molecule has 0 radical (unpaired) electrons. The Morgan fingerprint density at radius 3 is 2.74 bits per heavy atom. The topological polar surface area (TPSA) is 47.7 Å². The Bertz CT molecular complexity index is 526. The summed E-state index contributed by atoms with van der Waals surface area (Å²) >= 11 is 0. The molecule has 0 bridgehead atoms. The average molecular weight is 261 g/mol. The van der Waals surface area contributed by atoms with Crippen molar-refractivity contribution in [1.82, 2.24) is 24.9 Å². The van der Waals surface area contributed by atoms with Gasteiger partial charge in [-0.05, 0) is 26.0 Å². The molecule has 0 saturated heterocycles. The van der Waals surface area contributed by atoms with Gasteiger partial charge < -0.3 is 5.32 Å². The van der Waals surface area contributed by atoms with E-state index in [1.165, 1.54) is 11.3 Å². The average Bonchev–Trinajstić information content (AvgIpc) is 2.94. The Labute approximate surface area is 114 Å². The molecule has 0 aliphatic heterocycles. The van der Waals surface area contributed by atoms with Crippen molar-refractivity contribution in [1.29, 1.82) is 0 Å². The number of aryl methyl sites for hydroxylation is 3. The van der Waals surface area contributed by atoms with E-state index in [4.69, 9.17) is 0 Å². The van der Waals surface area contributed by atoms with Crippen LogP contribution in [-0.2, 0) is 13.6 Å². The molecule has 5 heteroatoms. The smallest absolute Gasteiger partial charge is 0.0778 e. The Morgan fingerprint density at radius 2 is 2.16 bits per heavy atom. The lowest BCUT2D eigenvalue weighted by molar-refractivity contribution is 0.568. The highest BCUT2D eigenvalue weighted by atomic mass is 15.3. The largest absolute Gasteiger partial charge is 0.305 e. The molecule has 2 heterocycles. The van der Waals surface area contributed by atoms with Gasteiger partial charge in [-0.25, -0.2) is 0 Å². The first kappa shape index (κ1) is 13.8. The summed E-state index contributed by atoms with van der Waals surface area (Å²) in [4.78, 5) is 0. The molecule has 1 unspecified atom stereocenters. The zero-order valence-corrected chi connectivity index (χ0v) is 12.2. The molecule has 1 N–H and O–H groups in total. The molecule has 104 valence electrons. The molecule has 0 spiro atoms. The summed E-state index contributed by atoms with van der Waals surface area (Å²) in [5.41, 5.74) is 3.41. The molecule has 2 rings (SSSR count). The van der Waals surface area contributed by atoms with Crippen LogP contribution in [0, 0.1) is 6.92 Å². The van der Waals surface area contributed by atoms with E-state index in [9.17, 15) is 0 Å². The van der Waals surface area contributed by atoms with E-state index >= 15 is 0 Å². The lowest BCUT2D eigenvalue weighted by Crippen LogP contribution is -2.23. The lowest BCUT2D eigenvalue weighted by Gasteiger charge is -2.16. The first-order valence-corrected chi connectivity index (χ1v) is 6.92. The maximum atomic E-state index is 4.43. The van der Waals surface area contributed by atoms with Crippen LogP contribution < -0.4 is 5.32 Å². The third kappa shape index (κ3) is 3.04. The van der Waals surface area contributed by atoms with Crippen molar-refractivity contribution in [2.75, 3.05) is 6.54 Å². The molecule has 0 aliphatic carbocycles. The van der Waals surface area contributed by atoms with Crippen molar-refractivity contribution in [3.63, 3.8) is 0 Å². The third-order valence-electron chi connectivity index (χ3n) is 3.18. The molecular formula is C14H23N5. The first-order chi connectivity index (χ1) is 9.15. The maximum absolute atomic E-state index is 4.43. The summed E-state index contributed by atoms with van der Waals surface area (Å²) in [7, 11) is 1.99. The fourth-order valence-corrected chi connectivity index (χ4v) is 2.38. The quantitative estimate of drug-likeness (QED) is 0.865. The van der Waals surface area contributed by atoms with Crippen LogP contribution in [0.4, 0.5) is 0 Å². The third-order valence-corrected chi connectivity index (χ3v) is 3.18. The van der Waals surface area contributed by atoms with Crippen LogP contribution in [0.5, 0.6) is 0 Å². The minimum absolute atomic E-state index is 0.154. The van der Waals surface area contributed by atoms with Crippen molar-refractivity contribution < 1.29 is 0 Å². The zero-order chi connectivity index (χ0) is 13.8. The second-order valence-corrected chi connectivity index (χ2v) is 4.86. The van der Waals surface area contributed by atoms with Crippen molar-refractivity contribution in [2.24, 2.45) is 7.05 Å². The summed E-state index contributed by atoms with van der Waals surface area (Å²) < 4.78 is 3.95. The van der Waals surface area contributed by atoms with Crippen molar-refractivity contribution >= 4 is 0 Å². The van der Waals surface area contributed by atoms with Crippen LogP contribution in [0.2, 0.25) is 0 Å². The fraction of sp³-hybridized carbons (Fsp3) is 0.571. The van der Waals surface area contributed by atoms with Gasteiger partial charge in [0.15, 0.2) is 0 Å². The van der Waals surface area contributed by atoms with Crippen LogP contribution >= 0.6 is 0 Å². The normalized spacial score (nSPS) is 12.8. The first-order valence-electron chi connectivity index (χ1n) is 6.92. The zero-order valence-electron chi connectivity index (χ0n) is 12.2. The lowest BCUT2D eigenvalue weighted by atomic mass is 10.1. The molecule has 0 fully saturated rings. The van der Waals surface area contributed by atoms with Crippen molar-refractivity contribution in [2.45, 2.75) is 39.8 Å². The molecule has 0 saturated carbocycles. The van der Waals surface area contributed by atoms with Crippen LogP contribution in [0.1, 0.15) is 43.3 Å². The molecule has 0 aromatic carbocycles. The van der Waals surface area contributed by atoms with Gasteiger partial charge in [0.1, 0.15) is 0 Å². The fourth-order valence-electron chi connectivity index (χ4n) is 2.38. The van der Waals surface area contributed by atoms with Gasteiger partial charge in [0.2, 0.25) is 0 Å². The van der Waals surface area contributed by atoms with Gasteiger partial charge in [0, 0.05) is 25.4 Å². The highest BCUT2D eigenvalue weighted by Crippen LogP contribution is 2.22. The Hall–Kier alpha value is -1.62. The standard InChI is InChI=1S/C14H23N5/c1-5-7-19-10-12(9-16-19)14(15-6-2)13-8-11(3)17-18(13)4/h8-10,14-15H,5-7H2,1-4H3. The van der Waals surface area contributed by atoms with Gasteiger partial charge in [0.05, 0.1) is 23.6 Å². The van der Waals surface area contributed by atoms with Crippen LogP contribution in [0.25, 0.3) is 0 Å². The predicted octanol–water partition coefficient (Wildman–Crippen LogP) is 2.03. The SMILES string of the molecule is CCCn1cc(C(NCC)c2cc(C)nn2C)cn1. The molecule has 2 aromatic heterocycles. The van der Waals surface area contributed by atoms with Gasteiger partial charge in [-0.15, -0.1) is 0 Å². The van der Waals surface area contributed by atoms with Crippen molar-refractivity contribution in [3.8, 4) is 0 Å². The summed E-state index contributed by atoms with van der Waals surface area (Å²) in [6.07, 6.45) is 5.17. The molecule has 5 nitrogen and oxygen atoms in total. The molecule has 0 amide bonds. The molecule has 1 atom stereocenters. The van der Waals surface area contributed by atoms with Crippen LogP contribution in [-0.4, -0.2) is 26.1 Å². The van der Waals surface area contributed by atoms with Gasteiger partial charge in [-0.3, -0.25) is 9.36 Å². The number of hydrogen-bond acceptors (Lipinski definition) is 3. The van der Waals surface area contributed by atoms with Gasteiger partial charge >= 0.3 is 0 Å². The Kier molecular flexibility index (Phi) is 4.37. The van der Waals surface area contributed by atoms with E-state index in [1.807, 2.05) is 29.5 Å². The van der Waals surface area contributed by atoms with Crippen molar-refractivity contribution in [3.05, 3.63) is 35.4 Å². The summed E-state index contributed by atoms with van der Waals surface area (Å²) in [5.74, 6) is 0. The molecular weight excluding hydrogens is 238 g/mol. The second kappa shape index (κ2) is 6.02. The van der Waals surface area contributed by atoms with Gasteiger partial charge in [0.25, 0.3) is 0 Å². The summed E-state index contributed by atoms with van der Waals surface area (Å²) in [5, 5.41) is 12.4. The van der Waals surface area contributed by atoms with Gasteiger partial charge in [-0.1, -0.05) is 13.8 Å². The number of nitrogens with one attached hydrogen (secondary N) is 1. The van der Waals surface area contributed by atoms with Crippen LogP contribution in [0.15, 0.2) is 18.5 Å². The second-order valence-electron chi connectivity index (χ2n) is 4.86. The monoisotopic (exact) mass is 261 g/mol. The maximum Gasteiger partial charge on any atom is 0.0778 e.